The molecule has 1 aliphatic heterocycles. The fourth-order valence-electron chi connectivity index (χ4n) is 2.87. The predicted octanol–water partition coefficient (Wildman–Crippen LogP) is 4.35. The van der Waals surface area contributed by atoms with Crippen LogP contribution in [0.1, 0.15) is 25.0 Å². The lowest BCUT2D eigenvalue weighted by Crippen LogP contribution is -2.21. The SMILES string of the molecule is Cc1cc(OCCCN2CCCC2)nn1-c1ccc(Cl)c(Cl)c1. The van der Waals surface area contributed by atoms with E-state index in [9.17, 15) is 0 Å². The molecule has 1 aromatic heterocycles. The lowest BCUT2D eigenvalue weighted by molar-refractivity contribution is 0.256. The molecule has 23 heavy (non-hydrogen) atoms. The fraction of sp³-hybridized carbons (Fsp3) is 0.471. The Hall–Kier alpha value is -1.23. The first kappa shape index (κ1) is 16.6. The van der Waals surface area contributed by atoms with Crippen molar-refractivity contribution in [3.8, 4) is 11.6 Å². The third-order valence-corrected chi connectivity index (χ3v) is 4.82. The number of benzene rings is 1. The van der Waals surface area contributed by atoms with Gasteiger partial charge in [-0.1, -0.05) is 23.2 Å². The zero-order chi connectivity index (χ0) is 16.2. The molecule has 124 valence electrons. The molecule has 0 aliphatic carbocycles. The van der Waals surface area contributed by atoms with Gasteiger partial charge in [0.15, 0.2) is 0 Å². The van der Waals surface area contributed by atoms with E-state index in [1.807, 2.05) is 23.7 Å². The van der Waals surface area contributed by atoms with Crippen LogP contribution in [0, 0.1) is 6.92 Å². The number of ether oxygens (including phenoxy) is 1. The lowest BCUT2D eigenvalue weighted by Gasteiger charge is -2.13. The second kappa shape index (κ2) is 7.56. The molecule has 1 fully saturated rings. The molecule has 0 unspecified atom stereocenters. The molecule has 1 aliphatic rings. The molecule has 0 bridgehead atoms. The van der Waals surface area contributed by atoms with Crippen LogP contribution in [0.2, 0.25) is 10.0 Å². The molecule has 4 nitrogen and oxygen atoms in total. The highest BCUT2D eigenvalue weighted by Crippen LogP contribution is 2.25. The summed E-state index contributed by atoms with van der Waals surface area (Å²) >= 11 is 12.0. The van der Waals surface area contributed by atoms with E-state index < -0.39 is 0 Å². The van der Waals surface area contributed by atoms with Crippen molar-refractivity contribution in [2.24, 2.45) is 0 Å². The molecule has 6 heteroatoms. The van der Waals surface area contributed by atoms with Gasteiger partial charge in [0.1, 0.15) is 0 Å². The van der Waals surface area contributed by atoms with Gasteiger partial charge in [0.25, 0.3) is 0 Å². The van der Waals surface area contributed by atoms with Crippen molar-refractivity contribution in [1.82, 2.24) is 14.7 Å². The van der Waals surface area contributed by atoms with Crippen LogP contribution in [0.4, 0.5) is 0 Å². The molecule has 1 aromatic carbocycles. The van der Waals surface area contributed by atoms with Crippen molar-refractivity contribution in [1.29, 1.82) is 0 Å². The van der Waals surface area contributed by atoms with Crippen LogP contribution in [-0.2, 0) is 0 Å². The number of aryl methyl sites for hydroxylation is 1. The summed E-state index contributed by atoms with van der Waals surface area (Å²) in [4.78, 5) is 2.49. The van der Waals surface area contributed by atoms with Crippen molar-refractivity contribution in [2.45, 2.75) is 26.2 Å². The normalized spacial score (nSPS) is 15.3. The summed E-state index contributed by atoms with van der Waals surface area (Å²) in [7, 11) is 0. The number of aromatic nitrogens is 2. The number of hydrogen-bond acceptors (Lipinski definition) is 3. The van der Waals surface area contributed by atoms with Crippen molar-refractivity contribution in [2.75, 3.05) is 26.2 Å². The summed E-state index contributed by atoms with van der Waals surface area (Å²) < 4.78 is 7.60. The van der Waals surface area contributed by atoms with Crippen molar-refractivity contribution >= 4 is 23.2 Å². The zero-order valence-corrected chi connectivity index (χ0v) is 14.8. The van der Waals surface area contributed by atoms with E-state index in [1.165, 1.54) is 25.9 Å². The minimum Gasteiger partial charge on any atom is -0.477 e. The molecule has 0 saturated carbocycles. The second-order valence-electron chi connectivity index (χ2n) is 5.88. The largest absolute Gasteiger partial charge is 0.477 e. The summed E-state index contributed by atoms with van der Waals surface area (Å²) in [5, 5.41) is 5.56. The van der Waals surface area contributed by atoms with Gasteiger partial charge in [0.05, 0.1) is 22.3 Å². The average Bonchev–Trinajstić information content (AvgIpc) is 3.16. The van der Waals surface area contributed by atoms with Gasteiger partial charge in [-0.25, -0.2) is 4.68 Å². The molecule has 1 saturated heterocycles. The van der Waals surface area contributed by atoms with Crippen molar-refractivity contribution in [3.63, 3.8) is 0 Å². The summed E-state index contributed by atoms with van der Waals surface area (Å²) in [5.74, 6) is 0.648. The molecule has 0 radical (unpaired) electrons. The van der Waals surface area contributed by atoms with Crippen LogP contribution in [0.3, 0.4) is 0 Å². The quantitative estimate of drug-likeness (QED) is 0.723. The topological polar surface area (TPSA) is 30.3 Å². The van der Waals surface area contributed by atoms with Gasteiger partial charge in [-0.05, 0) is 57.5 Å². The highest BCUT2D eigenvalue weighted by atomic mass is 35.5. The fourth-order valence-corrected chi connectivity index (χ4v) is 3.16. The number of likely N-dealkylation sites (tertiary alicyclic amines) is 1. The number of halogens is 2. The van der Waals surface area contributed by atoms with E-state index >= 15 is 0 Å². The maximum absolute atomic E-state index is 6.08. The van der Waals surface area contributed by atoms with E-state index in [4.69, 9.17) is 27.9 Å². The second-order valence-corrected chi connectivity index (χ2v) is 6.70. The van der Waals surface area contributed by atoms with Crippen LogP contribution >= 0.6 is 23.2 Å². The first-order valence-electron chi connectivity index (χ1n) is 8.01. The Labute approximate surface area is 146 Å². The lowest BCUT2D eigenvalue weighted by atomic mass is 10.3. The molecule has 2 heterocycles. The number of nitrogens with zero attached hydrogens (tertiary/aromatic N) is 3. The molecule has 2 aromatic rings. The van der Waals surface area contributed by atoms with Crippen LogP contribution in [-0.4, -0.2) is 40.9 Å². The molecule has 3 rings (SSSR count). The third-order valence-electron chi connectivity index (χ3n) is 4.08. The minimum absolute atomic E-state index is 0.521. The highest BCUT2D eigenvalue weighted by Gasteiger charge is 2.11. The van der Waals surface area contributed by atoms with Gasteiger partial charge in [0.2, 0.25) is 5.88 Å². The van der Waals surface area contributed by atoms with Crippen LogP contribution < -0.4 is 4.74 Å². The number of hydrogen-bond donors (Lipinski definition) is 0. The molecule has 0 atom stereocenters. The van der Waals surface area contributed by atoms with Gasteiger partial charge in [-0.3, -0.25) is 0 Å². The van der Waals surface area contributed by atoms with Gasteiger partial charge in [-0.2, -0.15) is 0 Å². The van der Waals surface area contributed by atoms with Crippen molar-refractivity contribution in [3.05, 3.63) is 40.0 Å². The third kappa shape index (κ3) is 4.19. The van der Waals surface area contributed by atoms with Gasteiger partial charge >= 0.3 is 0 Å². The summed E-state index contributed by atoms with van der Waals surface area (Å²) in [6, 6.07) is 7.42. The minimum atomic E-state index is 0.521. The van der Waals surface area contributed by atoms with Crippen molar-refractivity contribution < 1.29 is 4.74 Å². The van der Waals surface area contributed by atoms with E-state index in [0.717, 1.165) is 24.3 Å². The maximum atomic E-state index is 6.08. The smallest absolute Gasteiger partial charge is 0.233 e. The zero-order valence-electron chi connectivity index (χ0n) is 13.3. The monoisotopic (exact) mass is 353 g/mol. The Morgan fingerprint density at radius 3 is 2.65 bits per heavy atom. The Morgan fingerprint density at radius 1 is 1.13 bits per heavy atom. The van der Waals surface area contributed by atoms with Gasteiger partial charge in [0, 0.05) is 18.3 Å². The van der Waals surface area contributed by atoms with Crippen LogP contribution in [0.25, 0.3) is 5.69 Å². The Balaban J connectivity index is 1.58. The van der Waals surface area contributed by atoms with Crippen LogP contribution in [0.5, 0.6) is 5.88 Å². The maximum Gasteiger partial charge on any atom is 0.233 e. The molecular formula is C17H21Cl2N3O. The predicted molar refractivity (Wildman–Crippen MR) is 94.1 cm³/mol. The molecule has 0 spiro atoms. The number of rotatable bonds is 6. The standard InChI is InChI=1S/C17H21Cl2N3O/c1-13-11-17(23-10-4-9-21-7-2-3-8-21)20-22(13)14-5-6-15(18)16(19)12-14/h5-6,11-12H,2-4,7-10H2,1H3. The first-order valence-corrected chi connectivity index (χ1v) is 8.76. The van der Waals surface area contributed by atoms with Crippen LogP contribution in [0.15, 0.2) is 24.3 Å². The summed E-state index contributed by atoms with van der Waals surface area (Å²) in [6.07, 6.45) is 3.68. The van der Waals surface area contributed by atoms with E-state index in [2.05, 4.69) is 10.00 Å². The Morgan fingerprint density at radius 2 is 1.91 bits per heavy atom. The molecule has 0 amide bonds. The van der Waals surface area contributed by atoms with E-state index in [1.54, 1.807) is 12.1 Å². The molecular weight excluding hydrogens is 333 g/mol. The van der Waals surface area contributed by atoms with E-state index in [0.29, 0.717) is 22.5 Å². The van der Waals surface area contributed by atoms with Gasteiger partial charge in [-0.15, -0.1) is 5.10 Å². The van der Waals surface area contributed by atoms with Gasteiger partial charge < -0.3 is 9.64 Å². The average molecular weight is 354 g/mol. The molecule has 0 N–H and O–H groups in total. The highest BCUT2D eigenvalue weighted by molar-refractivity contribution is 6.42. The Kier molecular flexibility index (Phi) is 5.46. The summed E-state index contributed by atoms with van der Waals surface area (Å²) in [5.41, 5.74) is 1.88. The Bertz CT molecular complexity index is 666. The van der Waals surface area contributed by atoms with E-state index in [-0.39, 0.29) is 0 Å². The summed E-state index contributed by atoms with van der Waals surface area (Å²) in [6.45, 7) is 6.24. The first-order chi connectivity index (χ1) is 11.1.